The molecule has 0 saturated heterocycles. The molecule has 0 saturated carbocycles. The van der Waals surface area contributed by atoms with E-state index in [4.69, 9.17) is 23.2 Å². The molecule has 106 valence electrons. The summed E-state index contributed by atoms with van der Waals surface area (Å²) in [5.74, 6) is 0.738. The molecular weight excluding hydrogens is 313 g/mol. The van der Waals surface area contributed by atoms with Crippen LogP contribution in [0.15, 0.2) is 40.0 Å². The van der Waals surface area contributed by atoms with Crippen molar-refractivity contribution in [3.05, 3.63) is 56.2 Å². The zero-order chi connectivity index (χ0) is 14.4. The van der Waals surface area contributed by atoms with Crippen LogP contribution < -0.4 is 10.6 Å². The van der Waals surface area contributed by atoms with E-state index in [1.165, 1.54) is 5.56 Å². The van der Waals surface area contributed by atoms with Crippen LogP contribution in [0, 0.1) is 0 Å². The third-order valence-corrected chi connectivity index (χ3v) is 4.04. The fraction of sp³-hybridized carbons (Fsp3) is 0.214. The molecule has 0 amide bonds. The Bertz CT molecular complexity index is 582. The molecule has 2 N–H and O–H groups in total. The van der Waals surface area contributed by atoms with Gasteiger partial charge in [0.15, 0.2) is 5.96 Å². The van der Waals surface area contributed by atoms with Crippen LogP contribution in [0.3, 0.4) is 0 Å². The predicted octanol–water partition coefficient (Wildman–Crippen LogP) is 3.92. The molecule has 2 aromatic rings. The molecule has 0 aliphatic carbocycles. The van der Waals surface area contributed by atoms with E-state index in [9.17, 15) is 0 Å². The van der Waals surface area contributed by atoms with Crippen LogP contribution >= 0.6 is 34.5 Å². The van der Waals surface area contributed by atoms with Crippen LogP contribution in [0.4, 0.5) is 0 Å². The summed E-state index contributed by atoms with van der Waals surface area (Å²) in [4.78, 5) is 4.18. The summed E-state index contributed by atoms with van der Waals surface area (Å²) in [5.41, 5.74) is 2.22. The Hall–Kier alpha value is -1.23. The Morgan fingerprint density at radius 1 is 1.20 bits per heavy atom. The number of thiophene rings is 1. The third kappa shape index (κ3) is 4.40. The summed E-state index contributed by atoms with van der Waals surface area (Å²) in [5, 5.41) is 11.9. The highest BCUT2D eigenvalue weighted by atomic mass is 35.5. The van der Waals surface area contributed by atoms with E-state index < -0.39 is 0 Å². The lowest BCUT2D eigenvalue weighted by atomic mass is 10.2. The Morgan fingerprint density at radius 3 is 2.65 bits per heavy atom. The first-order chi connectivity index (χ1) is 9.69. The van der Waals surface area contributed by atoms with Crippen molar-refractivity contribution < 1.29 is 0 Å². The molecule has 0 fully saturated rings. The molecule has 0 aliphatic heterocycles. The number of guanidine groups is 1. The number of rotatable bonds is 4. The fourth-order valence-corrected chi connectivity index (χ4v) is 2.79. The van der Waals surface area contributed by atoms with Crippen LogP contribution in [0.1, 0.15) is 11.1 Å². The van der Waals surface area contributed by atoms with Gasteiger partial charge in [0.1, 0.15) is 0 Å². The molecule has 0 atom stereocenters. The Kier molecular flexibility index (Phi) is 5.71. The number of aliphatic imine (C=N–C) groups is 1. The maximum atomic E-state index is 6.13. The average Bonchev–Trinajstić information content (AvgIpc) is 2.94. The Labute approximate surface area is 132 Å². The number of benzene rings is 1. The van der Waals surface area contributed by atoms with Gasteiger partial charge in [-0.3, -0.25) is 4.99 Å². The van der Waals surface area contributed by atoms with Crippen molar-refractivity contribution in [3.63, 3.8) is 0 Å². The number of nitrogens with one attached hydrogen (secondary N) is 2. The van der Waals surface area contributed by atoms with Gasteiger partial charge < -0.3 is 10.6 Å². The normalized spacial score (nSPS) is 11.4. The van der Waals surface area contributed by atoms with Gasteiger partial charge in [-0.25, -0.2) is 0 Å². The lowest BCUT2D eigenvalue weighted by Crippen LogP contribution is -2.36. The van der Waals surface area contributed by atoms with E-state index in [2.05, 4.69) is 32.5 Å². The molecule has 0 spiro atoms. The standard InChI is InChI=1S/C14H15Cl2N3S/c1-17-14(18-7-10-4-5-20-9-10)19-8-11-2-3-12(15)6-13(11)16/h2-6,9H,7-8H2,1H3,(H2,17,18,19). The molecule has 0 unspecified atom stereocenters. The van der Waals surface area contributed by atoms with Gasteiger partial charge in [0.25, 0.3) is 0 Å². The molecule has 2 rings (SSSR count). The van der Waals surface area contributed by atoms with Gasteiger partial charge in [0.2, 0.25) is 0 Å². The first kappa shape index (κ1) is 15.2. The molecule has 0 bridgehead atoms. The van der Waals surface area contributed by atoms with E-state index in [0.29, 0.717) is 16.6 Å². The smallest absolute Gasteiger partial charge is 0.191 e. The van der Waals surface area contributed by atoms with Crippen molar-refractivity contribution in [2.75, 3.05) is 7.05 Å². The summed E-state index contributed by atoms with van der Waals surface area (Å²) in [7, 11) is 1.74. The van der Waals surface area contributed by atoms with E-state index >= 15 is 0 Å². The maximum absolute atomic E-state index is 6.13. The second kappa shape index (κ2) is 7.53. The summed E-state index contributed by atoms with van der Waals surface area (Å²) >= 11 is 13.7. The molecule has 1 aromatic heterocycles. The monoisotopic (exact) mass is 327 g/mol. The van der Waals surface area contributed by atoms with Crippen molar-refractivity contribution in [1.82, 2.24) is 10.6 Å². The van der Waals surface area contributed by atoms with Crippen molar-refractivity contribution in [1.29, 1.82) is 0 Å². The topological polar surface area (TPSA) is 36.4 Å². The highest BCUT2D eigenvalue weighted by Gasteiger charge is 2.03. The first-order valence-corrected chi connectivity index (χ1v) is 7.78. The SMILES string of the molecule is CN=C(NCc1ccsc1)NCc1ccc(Cl)cc1Cl. The quantitative estimate of drug-likeness (QED) is 0.659. The minimum Gasteiger partial charge on any atom is -0.352 e. The van der Waals surface area contributed by atoms with E-state index in [-0.39, 0.29) is 0 Å². The Balaban J connectivity index is 1.87. The highest BCUT2D eigenvalue weighted by Crippen LogP contribution is 2.20. The number of halogens is 2. The summed E-state index contributed by atoms with van der Waals surface area (Å²) in [6.07, 6.45) is 0. The Morgan fingerprint density at radius 2 is 2.00 bits per heavy atom. The average molecular weight is 328 g/mol. The van der Waals surface area contributed by atoms with Crippen molar-refractivity contribution in [2.45, 2.75) is 13.1 Å². The lowest BCUT2D eigenvalue weighted by Gasteiger charge is -2.12. The van der Waals surface area contributed by atoms with Crippen molar-refractivity contribution >= 4 is 40.5 Å². The third-order valence-electron chi connectivity index (χ3n) is 2.73. The number of nitrogens with zero attached hydrogens (tertiary/aromatic N) is 1. The molecule has 0 aliphatic rings. The van der Waals surface area contributed by atoms with Crippen LogP contribution in [0.25, 0.3) is 0 Å². The van der Waals surface area contributed by atoms with Gasteiger partial charge >= 0.3 is 0 Å². The molecule has 3 nitrogen and oxygen atoms in total. The minimum atomic E-state index is 0.597. The van der Waals surface area contributed by atoms with Gasteiger partial charge in [0, 0.05) is 30.2 Å². The molecule has 1 heterocycles. The zero-order valence-corrected chi connectivity index (χ0v) is 13.3. The largest absolute Gasteiger partial charge is 0.352 e. The summed E-state index contributed by atoms with van der Waals surface area (Å²) in [6.45, 7) is 1.34. The number of hydrogen-bond donors (Lipinski definition) is 2. The van der Waals surface area contributed by atoms with Crippen LogP contribution in [0.5, 0.6) is 0 Å². The molecule has 20 heavy (non-hydrogen) atoms. The maximum Gasteiger partial charge on any atom is 0.191 e. The van der Waals surface area contributed by atoms with Gasteiger partial charge in [-0.05, 0) is 40.1 Å². The van der Waals surface area contributed by atoms with Gasteiger partial charge in [-0.15, -0.1) is 0 Å². The van der Waals surface area contributed by atoms with E-state index in [0.717, 1.165) is 18.1 Å². The van der Waals surface area contributed by atoms with Crippen LogP contribution in [-0.4, -0.2) is 13.0 Å². The van der Waals surface area contributed by atoms with E-state index in [1.807, 2.05) is 12.1 Å². The van der Waals surface area contributed by atoms with Crippen molar-refractivity contribution in [3.8, 4) is 0 Å². The molecule has 1 aromatic carbocycles. The summed E-state index contributed by atoms with van der Waals surface area (Å²) in [6, 6.07) is 7.55. The van der Waals surface area contributed by atoms with Crippen molar-refractivity contribution in [2.24, 2.45) is 4.99 Å². The second-order valence-electron chi connectivity index (χ2n) is 4.15. The van der Waals surface area contributed by atoms with Crippen LogP contribution in [0.2, 0.25) is 10.0 Å². The fourth-order valence-electron chi connectivity index (χ4n) is 1.64. The zero-order valence-electron chi connectivity index (χ0n) is 11.0. The van der Waals surface area contributed by atoms with E-state index in [1.54, 1.807) is 24.5 Å². The highest BCUT2D eigenvalue weighted by molar-refractivity contribution is 7.07. The molecular formula is C14H15Cl2N3S. The van der Waals surface area contributed by atoms with Gasteiger partial charge in [0.05, 0.1) is 0 Å². The lowest BCUT2D eigenvalue weighted by molar-refractivity contribution is 0.811. The van der Waals surface area contributed by atoms with Gasteiger partial charge in [-0.1, -0.05) is 29.3 Å². The predicted molar refractivity (Wildman–Crippen MR) is 87.8 cm³/mol. The minimum absolute atomic E-state index is 0.597. The first-order valence-electron chi connectivity index (χ1n) is 6.08. The summed E-state index contributed by atoms with van der Waals surface area (Å²) < 4.78 is 0. The number of hydrogen-bond acceptors (Lipinski definition) is 2. The second-order valence-corrected chi connectivity index (χ2v) is 5.77. The molecule has 6 heteroatoms. The van der Waals surface area contributed by atoms with Crippen LogP contribution in [-0.2, 0) is 13.1 Å². The van der Waals surface area contributed by atoms with Gasteiger partial charge in [-0.2, -0.15) is 11.3 Å². The molecule has 0 radical (unpaired) electrons.